The van der Waals surface area contributed by atoms with E-state index in [1.165, 1.54) is 0 Å². The van der Waals surface area contributed by atoms with Crippen molar-refractivity contribution < 1.29 is 19.2 Å². The van der Waals surface area contributed by atoms with E-state index < -0.39 is 23.8 Å². The van der Waals surface area contributed by atoms with Gasteiger partial charge in [-0.05, 0) is 43.4 Å². The number of hydrogen-bond donors (Lipinski definition) is 3. The van der Waals surface area contributed by atoms with Crippen LogP contribution in [0, 0.1) is 5.92 Å². The van der Waals surface area contributed by atoms with Crippen molar-refractivity contribution in [3.63, 3.8) is 0 Å². The molecule has 3 aliphatic rings. The zero-order valence-corrected chi connectivity index (χ0v) is 15.6. The number of nitrogens with two attached hydrogens (primary N) is 1. The van der Waals surface area contributed by atoms with Crippen LogP contribution in [-0.2, 0) is 16.1 Å². The van der Waals surface area contributed by atoms with Crippen molar-refractivity contribution in [1.82, 2.24) is 15.5 Å². The van der Waals surface area contributed by atoms with Gasteiger partial charge in [-0.25, -0.2) is 0 Å². The molecule has 1 saturated carbocycles. The first-order chi connectivity index (χ1) is 13.5. The van der Waals surface area contributed by atoms with Crippen molar-refractivity contribution in [2.24, 2.45) is 11.7 Å². The summed E-state index contributed by atoms with van der Waals surface area (Å²) in [5, 5.41) is 5.70. The largest absolute Gasteiger partial charge is 0.330 e. The molecule has 2 heterocycles. The molecular weight excluding hydrogens is 360 g/mol. The lowest BCUT2D eigenvalue weighted by Crippen LogP contribution is -2.54. The Kier molecular flexibility index (Phi) is 4.99. The summed E-state index contributed by atoms with van der Waals surface area (Å²) in [5.74, 6) is -1.49. The van der Waals surface area contributed by atoms with E-state index in [2.05, 4.69) is 10.6 Å². The number of nitrogens with one attached hydrogen (secondary N) is 2. The second-order valence-corrected chi connectivity index (χ2v) is 7.70. The lowest BCUT2D eigenvalue weighted by molar-refractivity contribution is -0.136. The summed E-state index contributed by atoms with van der Waals surface area (Å²) in [6.07, 6.45) is 3.55. The van der Waals surface area contributed by atoms with Crippen LogP contribution in [0.1, 0.15) is 58.4 Å². The average Bonchev–Trinajstić information content (AvgIpc) is 3.24. The Morgan fingerprint density at radius 1 is 1.11 bits per heavy atom. The Morgan fingerprint density at radius 2 is 1.93 bits per heavy atom. The van der Waals surface area contributed by atoms with E-state index in [4.69, 9.17) is 5.73 Å². The highest BCUT2D eigenvalue weighted by molar-refractivity contribution is 6.24. The van der Waals surface area contributed by atoms with Crippen LogP contribution in [0.25, 0.3) is 0 Å². The van der Waals surface area contributed by atoms with Gasteiger partial charge in [0.25, 0.3) is 11.8 Å². The number of piperidine rings is 1. The maximum atomic E-state index is 13.1. The van der Waals surface area contributed by atoms with Crippen molar-refractivity contribution in [2.75, 3.05) is 6.54 Å². The molecule has 8 heteroatoms. The molecule has 4 rings (SSSR count). The minimum absolute atomic E-state index is 0.111. The quantitative estimate of drug-likeness (QED) is 0.628. The minimum atomic E-state index is -0.942. The van der Waals surface area contributed by atoms with Crippen LogP contribution in [0.3, 0.4) is 0 Å². The minimum Gasteiger partial charge on any atom is -0.330 e. The molecule has 1 aromatic rings. The number of carbonyl (C=O) groups is 4. The van der Waals surface area contributed by atoms with Crippen molar-refractivity contribution in [3.05, 3.63) is 34.9 Å². The number of imide groups is 2. The van der Waals surface area contributed by atoms with Crippen molar-refractivity contribution in [1.29, 1.82) is 0 Å². The zero-order chi connectivity index (χ0) is 19.8. The van der Waals surface area contributed by atoms with E-state index in [0.29, 0.717) is 36.2 Å². The molecule has 1 aliphatic carbocycles. The van der Waals surface area contributed by atoms with Gasteiger partial charge in [0, 0.05) is 19.0 Å². The van der Waals surface area contributed by atoms with E-state index in [0.717, 1.165) is 29.7 Å². The Hall–Kier alpha value is -2.58. The van der Waals surface area contributed by atoms with E-state index in [1.54, 1.807) is 12.1 Å². The summed E-state index contributed by atoms with van der Waals surface area (Å²) in [5.41, 5.74) is 7.25. The van der Waals surface area contributed by atoms with E-state index in [-0.39, 0.29) is 18.7 Å². The predicted octanol–water partition coefficient (Wildman–Crippen LogP) is 0.305. The molecule has 0 bridgehead atoms. The maximum Gasteiger partial charge on any atom is 0.262 e. The number of nitrogens with zero attached hydrogens (tertiary/aromatic N) is 1. The van der Waals surface area contributed by atoms with Crippen molar-refractivity contribution >= 4 is 23.6 Å². The second kappa shape index (κ2) is 7.44. The Balaban J connectivity index is 1.56. The van der Waals surface area contributed by atoms with Crippen LogP contribution >= 0.6 is 0 Å². The monoisotopic (exact) mass is 384 g/mol. The lowest BCUT2D eigenvalue weighted by Gasteiger charge is -2.27. The van der Waals surface area contributed by atoms with Crippen LogP contribution in [0.15, 0.2) is 18.2 Å². The lowest BCUT2D eigenvalue weighted by atomic mass is 10.0. The normalized spacial score (nSPS) is 27.3. The molecular formula is C20H24N4O4. The number of amides is 4. The smallest absolute Gasteiger partial charge is 0.262 e. The van der Waals surface area contributed by atoms with Crippen LogP contribution in [0.2, 0.25) is 0 Å². The average molecular weight is 384 g/mol. The molecule has 1 aromatic carbocycles. The molecule has 0 spiro atoms. The Bertz CT molecular complexity index is 853. The van der Waals surface area contributed by atoms with Gasteiger partial charge in [0.2, 0.25) is 11.8 Å². The fourth-order valence-electron chi connectivity index (χ4n) is 4.56. The number of fused-ring (bicyclic) bond motifs is 1. The molecule has 1 saturated heterocycles. The summed E-state index contributed by atoms with van der Waals surface area (Å²) < 4.78 is 0. The fraction of sp³-hybridized carbons (Fsp3) is 0.500. The summed E-state index contributed by atoms with van der Waals surface area (Å²) in [6.45, 7) is 1.10. The first-order valence-corrected chi connectivity index (χ1v) is 9.78. The molecule has 2 aliphatic heterocycles. The summed E-state index contributed by atoms with van der Waals surface area (Å²) in [7, 11) is 0. The standard InChI is InChI=1S/C20H24N4O4/c21-9-11-3-2-6-14(11)22-10-12-4-1-5-13-17(12)20(28)24(19(13)27)15-7-8-16(25)23-18(15)26/h1,4-5,11,14-15,22H,2-3,6-10,21H2,(H,23,25,26)/t11-,14+,15?/m1/s1. The number of carbonyl (C=O) groups excluding carboxylic acids is 4. The van der Waals surface area contributed by atoms with Gasteiger partial charge < -0.3 is 11.1 Å². The molecule has 4 amide bonds. The Labute approximate surface area is 162 Å². The first-order valence-electron chi connectivity index (χ1n) is 9.78. The van der Waals surface area contributed by atoms with Gasteiger partial charge in [-0.2, -0.15) is 0 Å². The third-order valence-corrected chi connectivity index (χ3v) is 6.07. The van der Waals surface area contributed by atoms with Crippen molar-refractivity contribution in [3.8, 4) is 0 Å². The highest BCUT2D eigenvalue weighted by atomic mass is 16.2. The highest BCUT2D eigenvalue weighted by Gasteiger charge is 2.45. The molecule has 1 unspecified atom stereocenters. The fourth-order valence-corrected chi connectivity index (χ4v) is 4.56. The predicted molar refractivity (Wildman–Crippen MR) is 100 cm³/mol. The van der Waals surface area contributed by atoms with Gasteiger partial charge in [0.15, 0.2) is 0 Å². The summed E-state index contributed by atoms with van der Waals surface area (Å²) in [4.78, 5) is 50.5. The molecule has 0 radical (unpaired) electrons. The van der Waals surface area contributed by atoms with Gasteiger partial charge in [0.1, 0.15) is 6.04 Å². The third-order valence-electron chi connectivity index (χ3n) is 6.07. The topological polar surface area (TPSA) is 122 Å². The van der Waals surface area contributed by atoms with E-state index in [1.807, 2.05) is 6.07 Å². The first kappa shape index (κ1) is 18.8. The molecule has 148 valence electrons. The highest BCUT2D eigenvalue weighted by Crippen LogP contribution is 2.31. The van der Waals surface area contributed by atoms with Gasteiger partial charge in [-0.15, -0.1) is 0 Å². The van der Waals surface area contributed by atoms with Crippen LogP contribution in [0.5, 0.6) is 0 Å². The molecule has 3 atom stereocenters. The number of benzene rings is 1. The Morgan fingerprint density at radius 3 is 2.68 bits per heavy atom. The summed E-state index contributed by atoms with van der Waals surface area (Å²) in [6, 6.07) is 4.56. The van der Waals surface area contributed by atoms with Crippen molar-refractivity contribution in [2.45, 2.75) is 50.7 Å². The maximum absolute atomic E-state index is 13.1. The van der Waals surface area contributed by atoms with E-state index in [9.17, 15) is 19.2 Å². The zero-order valence-electron chi connectivity index (χ0n) is 15.6. The second-order valence-electron chi connectivity index (χ2n) is 7.70. The molecule has 4 N–H and O–H groups in total. The van der Waals surface area contributed by atoms with E-state index >= 15 is 0 Å². The SMILES string of the molecule is NC[C@H]1CCC[C@@H]1NCc1cccc2c1C(=O)N(C1CCC(=O)NC1=O)C2=O. The van der Waals surface area contributed by atoms with Gasteiger partial charge >= 0.3 is 0 Å². The summed E-state index contributed by atoms with van der Waals surface area (Å²) >= 11 is 0. The van der Waals surface area contributed by atoms with Crippen LogP contribution < -0.4 is 16.4 Å². The number of hydrogen-bond acceptors (Lipinski definition) is 6. The van der Waals surface area contributed by atoms with Gasteiger partial charge in [0.05, 0.1) is 11.1 Å². The third kappa shape index (κ3) is 3.12. The van der Waals surface area contributed by atoms with Gasteiger partial charge in [-0.3, -0.25) is 29.4 Å². The molecule has 2 fully saturated rings. The van der Waals surface area contributed by atoms with Crippen LogP contribution in [0.4, 0.5) is 0 Å². The van der Waals surface area contributed by atoms with Crippen LogP contribution in [-0.4, -0.2) is 47.2 Å². The number of rotatable bonds is 5. The molecule has 28 heavy (non-hydrogen) atoms. The van der Waals surface area contributed by atoms with Gasteiger partial charge in [-0.1, -0.05) is 18.6 Å². The molecule has 8 nitrogen and oxygen atoms in total. The molecule has 0 aromatic heterocycles.